The monoisotopic (exact) mass is 329 g/mol. The predicted molar refractivity (Wildman–Crippen MR) is 90.3 cm³/mol. The van der Waals surface area contributed by atoms with Crippen molar-refractivity contribution in [3.8, 4) is 11.5 Å². The summed E-state index contributed by atoms with van der Waals surface area (Å²) in [6, 6.07) is 5.76. The minimum atomic E-state index is -0.148. The maximum absolute atomic E-state index is 12.3. The van der Waals surface area contributed by atoms with Crippen LogP contribution in [0.2, 0.25) is 0 Å². The van der Waals surface area contributed by atoms with Crippen LogP contribution in [-0.4, -0.2) is 54.9 Å². The zero-order valence-corrected chi connectivity index (χ0v) is 14.4. The van der Waals surface area contributed by atoms with Crippen LogP contribution in [0.15, 0.2) is 23.3 Å². The number of carbonyl (C=O) groups is 1. The smallest absolute Gasteiger partial charge is 0.240 e. The summed E-state index contributed by atoms with van der Waals surface area (Å²) in [7, 11) is 3.31. The maximum Gasteiger partial charge on any atom is 0.240 e. The number of fused-ring (bicyclic) bond motifs is 2. The van der Waals surface area contributed by atoms with E-state index in [4.69, 9.17) is 14.6 Å². The van der Waals surface area contributed by atoms with Crippen LogP contribution in [-0.2, 0) is 4.79 Å². The fraction of sp³-hybridized carbons (Fsp3) is 0.556. The first-order valence-electron chi connectivity index (χ1n) is 8.48. The Kier molecular flexibility index (Phi) is 3.72. The zero-order chi connectivity index (χ0) is 16.8. The lowest BCUT2D eigenvalue weighted by molar-refractivity contribution is -0.131. The highest BCUT2D eigenvalue weighted by Gasteiger charge is 2.51. The SMILES string of the molecule is COc1ccc(OC)c(C2C3C(=NN2C(C)=O)C2CCN3CC2)c1. The Balaban J connectivity index is 1.82. The lowest BCUT2D eigenvalue weighted by atomic mass is 9.78. The van der Waals surface area contributed by atoms with Gasteiger partial charge in [-0.3, -0.25) is 9.69 Å². The molecule has 0 radical (unpaired) electrons. The topological polar surface area (TPSA) is 54.4 Å². The lowest BCUT2D eigenvalue weighted by Crippen LogP contribution is -2.56. The summed E-state index contributed by atoms with van der Waals surface area (Å²) in [4.78, 5) is 14.8. The number of methoxy groups -OCH3 is 2. The lowest BCUT2D eigenvalue weighted by Gasteiger charge is -2.46. The number of hydrazone groups is 1. The number of amides is 1. The quantitative estimate of drug-likeness (QED) is 0.852. The average Bonchev–Trinajstić information content (AvgIpc) is 3.05. The number of rotatable bonds is 3. The van der Waals surface area contributed by atoms with Crippen LogP contribution in [0.5, 0.6) is 11.5 Å². The zero-order valence-electron chi connectivity index (χ0n) is 14.4. The average molecular weight is 329 g/mol. The molecule has 128 valence electrons. The fourth-order valence-electron chi connectivity index (χ4n) is 4.36. The second-order valence-electron chi connectivity index (χ2n) is 6.70. The van der Waals surface area contributed by atoms with Gasteiger partial charge >= 0.3 is 0 Å². The second-order valence-corrected chi connectivity index (χ2v) is 6.70. The fourth-order valence-corrected chi connectivity index (χ4v) is 4.36. The summed E-state index contributed by atoms with van der Waals surface area (Å²) < 4.78 is 11.0. The molecule has 3 saturated heterocycles. The van der Waals surface area contributed by atoms with E-state index >= 15 is 0 Å². The molecule has 5 rings (SSSR count). The van der Waals surface area contributed by atoms with E-state index in [9.17, 15) is 4.79 Å². The highest BCUT2D eigenvalue weighted by atomic mass is 16.5. The van der Waals surface area contributed by atoms with E-state index in [1.54, 1.807) is 26.2 Å². The van der Waals surface area contributed by atoms with Gasteiger partial charge in [0.2, 0.25) is 5.91 Å². The van der Waals surface area contributed by atoms with Crippen molar-refractivity contribution in [3.05, 3.63) is 23.8 Å². The van der Waals surface area contributed by atoms with Crippen molar-refractivity contribution in [2.24, 2.45) is 11.0 Å². The van der Waals surface area contributed by atoms with Gasteiger partial charge in [0.15, 0.2) is 0 Å². The third-order valence-electron chi connectivity index (χ3n) is 5.51. The minimum Gasteiger partial charge on any atom is -0.497 e. The number of hydrogen-bond donors (Lipinski definition) is 0. The summed E-state index contributed by atoms with van der Waals surface area (Å²) in [5.41, 5.74) is 2.13. The molecule has 6 heteroatoms. The van der Waals surface area contributed by atoms with Gasteiger partial charge in [-0.25, -0.2) is 5.01 Å². The standard InChI is InChI=1S/C18H23N3O3/c1-11(22)21-17(14-10-13(23-2)4-5-15(14)24-3)18-16(19-21)12-6-8-20(18)9-7-12/h4-5,10,12,17-18H,6-9H2,1-3H3. The third kappa shape index (κ3) is 2.20. The highest BCUT2D eigenvalue weighted by molar-refractivity contribution is 5.97. The molecule has 6 nitrogen and oxygen atoms in total. The summed E-state index contributed by atoms with van der Waals surface area (Å²) >= 11 is 0. The summed E-state index contributed by atoms with van der Waals surface area (Å²) in [6.45, 7) is 3.73. The van der Waals surface area contributed by atoms with Gasteiger partial charge in [-0.15, -0.1) is 0 Å². The first-order valence-corrected chi connectivity index (χ1v) is 8.48. The van der Waals surface area contributed by atoms with Gasteiger partial charge in [-0.05, 0) is 44.1 Å². The molecular weight excluding hydrogens is 306 g/mol. The van der Waals surface area contributed by atoms with E-state index in [1.807, 2.05) is 18.2 Å². The number of hydrogen-bond acceptors (Lipinski definition) is 5. The van der Waals surface area contributed by atoms with Crippen molar-refractivity contribution in [1.29, 1.82) is 0 Å². The van der Waals surface area contributed by atoms with Gasteiger partial charge < -0.3 is 9.47 Å². The molecule has 0 spiro atoms. The highest BCUT2D eigenvalue weighted by Crippen LogP contribution is 2.46. The Labute approximate surface area is 142 Å². The van der Waals surface area contributed by atoms with Crippen LogP contribution in [0.4, 0.5) is 0 Å². The maximum atomic E-state index is 12.3. The van der Waals surface area contributed by atoms with E-state index in [1.165, 1.54) is 0 Å². The molecule has 0 aliphatic carbocycles. The van der Waals surface area contributed by atoms with Crippen LogP contribution in [0, 0.1) is 5.92 Å². The van der Waals surface area contributed by atoms with Crippen molar-refractivity contribution < 1.29 is 14.3 Å². The van der Waals surface area contributed by atoms with Gasteiger partial charge in [-0.2, -0.15) is 5.10 Å². The number of benzene rings is 1. The van der Waals surface area contributed by atoms with Gasteiger partial charge in [0.05, 0.1) is 26.0 Å². The van der Waals surface area contributed by atoms with Crippen molar-refractivity contribution in [2.75, 3.05) is 27.3 Å². The van der Waals surface area contributed by atoms with Crippen molar-refractivity contribution in [1.82, 2.24) is 9.91 Å². The molecule has 2 unspecified atom stereocenters. The summed E-state index contributed by atoms with van der Waals surface area (Å²) in [5.74, 6) is 2.00. The molecule has 2 atom stereocenters. The molecule has 0 N–H and O–H groups in total. The molecule has 2 bridgehead atoms. The van der Waals surface area contributed by atoms with Crippen LogP contribution in [0.1, 0.15) is 31.4 Å². The number of nitrogens with zero attached hydrogens (tertiary/aromatic N) is 3. The largest absolute Gasteiger partial charge is 0.497 e. The minimum absolute atomic E-state index is 0.0348. The van der Waals surface area contributed by atoms with Gasteiger partial charge in [0, 0.05) is 18.4 Å². The Hall–Kier alpha value is -2.08. The molecule has 1 aromatic carbocycles. The van der Waals surface area contributed by atoms with E-state index in [0.29, 0.717) is 5.92 Å². The van der Waals surface area contributed by atoms with Crippen molar-refractivity contribution >= 4 is 11.6 Å². The molecule has 3 fully saturated rings. The Morgan fingerprint density at radius 2 is 1.92 bits per heavy atom. The van der Waals surface area contributed by atoms with Crippen LogP contribution >= 0.6 is 0 Å². The second kappa shape index (κ2) is 5.77. The first kappa shape index (κ1) is 15.4. The molecule has 24 heavy (non-hydrogen) atoms. The van der Waals surface area contributed by atoms with E-state index in [0.717, 1.165) is 48.7 Å². The van der Waals surface area contributed by atoms with Crippen LogP contribution in [0.3, 0.4) is 0 Å². The van der Waals surface area contributed by atoms with Crippen molar-refractivity contribution in [2.45, 2.75) is 31.8 Å². The molecule has 4 aliphatic rings. The normalized spacial score (nSPS) is 30.8. The van der Waals surface area contributed by atoms with Gasteiger partial charge in [0.25, 0.3) is 0 Å². The van der Waals surface area contributed by atoms with Crippen molar-refractivity contribution in [3.63, 3.8) is 0 Å². The van der Waals surface area contributed by atoms with E-state index < -0.39 is 0 Å². The molecule has 4 aliphatic heterocycles. The Morgan fingerprint density at radius 3 is 2.54 bits per heavy atom. The Morgan fingerprint density at radius 1 is 1.17 bits per heavy atom. The van der Waals surface area contributed by atoms with Gasteiger partial charge in [-0.1, -0.05) is 0 Å². The molecule has 4 heterocycles. The molecule has 1 aromatic rings. The van der Waals surface area contributed by atoms with E-state index in [2.05, 4.69) is 4.90 Å². The van der Waals surface area contributed by atoms with E-state index in [-0.39, 0.29) is 18.0 Å². The number of piperidine rings is 3. The summed E-state index contributed by atoms with van der Waals surface area (Å²) in [5, 5.41) is 6.39. The number of carbonyl (C=O) groups excluding carboxylic acids is 1. The molecule has 1 amide bonds. The Bertz CT molecular complexity index is 695. The van der Waals surface area contributed by atoms with Gasteiger partial charge in [0.1, 0.15) is 17.5 Å². The first-order chi connectivity index (χ1) is 11.6. The summed E-state index contributed by atoms with van der Waals surface area (Å²) in [6.07, 6.45) is 2.28. The molecule has 0 saturated carbocycles. The number of ether oxygens (including phenoxy) is 2. The molecule has 0 aromatic heterocycles. The predicted octanol–water partition coefficient (Wildman–Crippen LogP) is 2.06. The van der Waals surface area contributed by atoms with Crippen LogP contribution < -0.4 is 9.47 Å². The molecular formula is C18H23N3O3. The van der Waals surface area contributed by atoms with Crippen LogP contribution in [0.25, 0.3) is 0 Å². The third-order valence-corrected chi connectivity index (χ3v) is 5.51.